The number of hydrogen-bond donors (Lipinski definition) is 0. The zero-order valence-corrected chi connectivity index (χ0v) is 12.1. The number of nitrogens with zero attached hydrogens (tertiary/aromatic N) is 2. The molecule has 0 aromatic heterocycles. The van der Waals surface area contributed by atoms with Gasteiger partial charge in [0.15, 0.2) is 0 Å². The molecule has 0 spiro atoms. The molecule has 1 atom stereocenters. The Morgan fingerprint density at radius 3 is 2.50 bits per heavy atom. The molecule has 5 heteroatoms. The Labute approximate surface area is 118 Å². The standard InChI is InChI=1S/C15H20N2O3/c1-14(2,3)20-13(18)17-10-9-15(11-17,16-19)12-7-5-4-6-8-12/h4-8H,9-11H2,1-3H3. The number of rotatable bonds is 2. The Balaban J connectivity index is 2.14. The lowest BCUT2D eigenvalue weighted by molar-refractivity contribution is 0.0284. The summed E-state index contributed by atoms with van der Waals surface area (Å²) in [7, 11) is 0. The van der Waals surface area contributed by atoms with Gasteiger partial charge in [-0.25, -0.2) is 4.79 Å². The van der Waals surface area contributed by atoms with Crippen LogP contribution in [-0.4, -0.2) is 29.7 Å². The van der Waals surface area contributed by atoms with Crippen LogP contribution in [0.1, 0.15) is 32.8 Å². The van der Waals surface area contributed by atoms with E-state index in [9.17, 15) is 9.70 Å². The Hall–Kier alpha value is -1.91. The lowest BCUT2D eigenvalue weighted by Gasteiger charge is -2.25. The van der Waals surface area contributed by atoms with Gasteiger partial charge in [-0.3, -0.25) is 0 Å². The smallest absolute Gasteiger partial charge is 0.410 e. The maximum Gasteiger partial charge on any atom is 0.410 e. The summed E-state index contributed by atoms with van der Waals surface area (Å²) in [5.74, 6) is 0. The van der Waals surface area contributed by atoms with E-state index in [0.717, 1.165) is 5.56 Å². The van der Waals surface area contributed by atoms with Gasteiger partial charge in [0.1, 0.15) is 11.1 Å². The minimum atomic E-state index is -0.849. The van der Waals surface area contributed by atoms with Gasteiger partial charge in [0, 0.05) is 6.54 Å². The molecular weight excluding hydrogens is 256 g/mol. The first-order valence-electron chi connectivity index (χ1n) is 6.74. The monoisotopic (exact) mass is 276 g/mol. The summed E-state index contributed by atoms with van der Waals surface area (Å²) in [5.41, 5.74) is -0.539. The first-order valence-corrected chi connectivity index (χ1v) is 6.74. The van der Waals surface area contributed by atoms with Gasteiger partial charge in [-0.15, -0.1) is 4.91 Å². The highest BCUT2D eigenvalue weighted by molar-refractivity contribution is 5.69. The van der Waals surface area contributed by atoms with Gasteiger partial charge < -0.3 is 9.64 Å². The van der Waals surface area contributed by atoms with E-state index >= 15 is 0 Å². The maximum atomic E-state index is 12.1. The number of benzene rings is 1. The summed E-state index contributed by atoms with van der Waals surface area (Å²) >= 11 is 0. The maximum absolute atomic E-state index is 12.1. The van der Waals surface area contributed by atoms with Crippen LogP contribution in [0.15, 0.2) is 35.5 Å². The summed E-state index contributed by atoms with van der Waals surface area (Å²) in [6.45, 7) is 6.22. The molecule has 1 fully saturated rings. The quantitative estimate of drug-likeness (QED) is 0.779. The first-order chi connectivity index (χ1) is 9.36. The number of nitroso groups, excluding NO2 is 1. The molecule has 1 aliphatic rings. The number of likely N-dealkylation sites (tertiary alicyclic amines) is 1. The minimum Gasteiger partial charge on any atom is -0.444 e. The van der Waals surface area contributed by atoms with E-state index in [-0.39, 0.29) is 12.6 Å². The van der Waals surface area contributed by atoms with Gasteiger partial charge in [0.25, 0.3) is 0 Å². The minimum absolute atomic E-state index is 0.273. The number of carbonyl (C=O) groups is 1. The van der Waals surface area contributed by atoms with Crippen LogP contribution in [0.25, 0.3) is 0 Å². The van der Waals surface area contributed by atoms with E-state index < -0.39 is 11.1 Å². The van der Waals surface area contributed by atoms with E-state index in [0.29, 0.717) is 13.0 Å². The second-order valence-corrected chi connectivity index (χ2v) is 6.14. The highest BCUT2D eigenvalue weighted by Crippen LogP contribution is 2.36. The van der Waals surface area contributed by atoms with Gasteiger partial charge in [-0.2, -0.15) is 0 Å². The van der Waals surface area contributed by atoms with E-state index in [1.165, 1.54) is 0 Å². The Kier molecular flexibility index (Phi) is 3.79. The summed E-state index contributed by atoms with van der Waals surface area (Å²) in [4.78, 5) is 25.0. The summed E-state index contributed by atoms with van der Waals surface area (Å²) in [6, 6.07) is 9.39. The van der Waals surface area contributed by atoms with Gasteiger partial charge in [-0.05, 0) is 32.8 Å². The van der Waals surface area contributed by atoms with Crippen molar-refractivity contribution in [3.8, 4) is 0 Å². The average Bonchev–Trinajstić information content (AvgIpc) is 2.84. The van der Waals surface area contributed by atoms with Crippen molar-refractivity contribution >= 4 is 6.09 Å². The van der Waals surface area contributed by atoms with Crippen LogP contribution >= 0.6 is 0 Å². The van der Waals surface area contributed by atoms with Crippen molar-refractivity contribution in [2.75, 3.05) is 13.1 Å². The Morgan fingerprint density at radius 1 is 1.30 bits per heavy atom. The SMILES string of the molecule is CC(C)(C)OC(=O)N1CCC(N=O)(c2ccccc2)C1. The fourth-order valence-corrected chi connectivity index (χ4v) is 2.39. The second kappa shape index (κ2) is 5.23. The molecular formula is C15H20N2O3. The van der Waals surface area contributed by atoms with Crippen molar-refractivity contribution < 1.29 is 9.53 Å². The predicted molar refractivity (Wildman–Crippen MR) is 76.3 cm³/mol. The van der Waals surface area contributed by atoms with Crippen LogP contribution in [0.2, 0.25) is 0 Å². The Bertz CT molecular complexity index is 496. The fourth-order valence-electron chi connectivity index (χ4n) is 2.39. The molecule has 0 radical (unpaired) electrons. The van der Waals surface area contributed by atoms with Crippen LogP contribution in [0.3, 0.4) is 0 Å². The highest BCUT2D eigenvalue weighted by Gasteiger charge is 2.44. The van der Waals surface area contributed by atoms with E-state index in [4.69, 9.17) is 4.74 Å². The molecule has 0 bridgehead atoms. The van der Waals surface area contributed by atoms with Crippen molar-refractivity contribution in [2.24, 2.45) is 5.18 Å². The van der Waals surface area contributed by atoms with Gasteiger partial charge >= 0.3 is 6.09 Å². The van der Waals surface area contributed by atoms with Crippen molar-refractivity contribution in [1.29, 1.82) is 0 Å². The van der Waals surface area contributed by atoms with Crippen molar-refractivity contribution in [2.45, 2.75) is 38.3 Å². The highest BCUT2D eigenvalue weighted by atomic mass is 16.6. The molecule has 1 aromatic carbocycles. The summed E-state index contributed by atoms with van der Waals surface area (Å²) in [5, 5.41) is 3.32. The third kappa shape index (κ3) is 2.98. The third-order valence-corrected chi connectivity index (χ3v) is 3.39. The molecule has 1 aliphatic heterocycles. The number of ether oxygens (including phenoxy) is 1. The van der Waals surface area contributed by atoms with Crippen LogP contribution in [0.4, 0.5) is 4.79 Å². The largest absolute Gasteiger partial charge is 0.444 e. The molecule has 0 N–H and O–H groups in total. The molecule has 1 amide bonds. The molecule has 108 valence electrons. The van der Waals surface area contributed by atoms with Crippen LogP contribution in [-0.2, 0) is 10.3 Å². The number of amides is 1. The van der Waals surface area contributed by atoms with Gasteiger partial charge in [0.05, 0.1) is 6.54 Å². The molecule has 1 heterocycles. The van der Waals surface area contributed by atoms with E-state index in [1.807, 2.05) is 51.1 Å². The fraction of sp³-hybridized carbons (Fsp3) is 0.533. The normalized spacial score (nSPS) is 22.6. The van der Waals surface area contributed by atoms with Crippen LogP contribution in [0.5, 0.6) is 0 Å². The molecule has 0 aliphatic carbocycles. The lowest BCUT2D eigenvalue weighted by Crippen LogP contribution is -2.37. The van der Waals surface area contributed by atoms with E-state index in [2.05, 4.69) is 5.18 Å². The van der Waals surface area contributed by atoms with Crippen LogP contribution < -0.4 is 0 Å². The predicted octanol–water partition coefficient (Wildman–Crippen LogP) is 3.29. The summed E-state index contributed by atoms with van der Waals surface area (Å²) in [6.07, 6.45) is 0.138. The zero-order valence-electron chi connectivity index (χ0n) is 12.1. The topological polar surface area (TPSA) is 59.0 Å². The summed E-state index contributed by atoms with van der Waals surface area (Å²) < 4.78 is 5.34. The third-order valence-electron chi connectivity index (χ3n) is 3.39. The molecule has 20 heavy (non-hydrogen) atoms. The Morgan fingerprint density at radius 2 is 1.95 bits per heavy atom. The second-order valence-electron chi connectivity index (χ2n) is 6.14. The zero-order chi connectivity index (χ0) is 14.8. The van der Waals surface area contributed by atoms with Crippen molar-refractivity contribution in [3.63, 3.8) is 0 Å². The van der Waals surface area contributed by atoms with Crippen molar-refractivity contribution in [1.82, 2.24) is 4.90 Å². The van der Waals surface area contributed by atoms with Crippen molar-refractivity contribution in [3.05, 3.63) is 40.8 Å². The molecule has 0 saturated carbocycles. The molecule has 1 saturated heterocycles. The molecule has 1 aromatic rings. The molecule has 1 unspecified atom stereocenters. The number of hydrogen-bond acceptors (Lipinski definition) is 4. The number of carbonyl (C=O) groups excluding carboxylic acids is 1. The first kappa shape index (κ1) is 14.5. The van der Waals surface area contributed by atoms with Gasteiger partial charge in [0.2, 0.25) is 0 Å². The average molecular weight is 276 g/mol. The lowest BCUT2D eigenvalue weighted by atomic mass is 9.90. The van der Waals surface area contributed by atoms with Crippen LogP contribution in [0, 0.1) is 4.91 Å². The van der Waals surface area contributed by atoms with E-state index in [1.54, 1.807) is 4.90 Å². The molecule has 5 nitrogen and oxygen atoms in total. The van der Waals surface area contributed by atoms with Gasteiger partial charge in [-0.1, -0.05) is 35.5 Å². The molecule has 2 rings (SSSR count).